The lowest BCUT2D eigenvalue weighted by molar-refractivity contribution is 0.615. The molecule has 4 nitrogen and oxygen atoms in total. The molecule has 0 saturated heterocycles. The molecule has 0 bridgehead atoms. The minimum Gasteiger partial charge on any atom is -0.309 e. The van der Waals surface area contributed by atoms with Crippen molar-refractivity contribution in [3.05, 3.63) is 69.4 Å². The van der Waals surface area contributed by atoms with E-state index in [1.807, 2.05) is 38.2 Å². The Labute approximate surface area is 121 Å². The molecule has 1 atom stereocenters. The first kappa shape index (κ1) is 13.6. The third kappa shape index (κ3) is 2.60. The molecule has 5 heteroatoms. The van der Waals surface area contributed by atoms with Crippen LogP contribution in [-0.4, -0.2) is 17.0 Å². The maximum atomic E-state index is 13.6. The monoisotopic (exact) mass is 285 g/mol. The summed E-state index contributed by atoms with van der Waals surface area (Å²) in [4.78, 5) is 16.8. The SMILES string of the molecule is CNC(c1cc(C)cc(F)c1)c1ccc2[nH]c(=O)[nH]c2c1. The van der Waals surface area contributed by atoms with Gasteiger partial charge in [-0.05, 0) is 54.9 Å². The molecule has 0 aliphatic carbocycles. The van der Waals surface area contributed by atoms with E-state index in [9.17, 15) is 9.18 Å². The van der Waals surface area contributed by atoms with Gasteiger partial charge in [0.15, 0.2) is 0 Å². The average Bonchev–Trinajstić information content (AvgIpc) is 2.78. The van der Waals surface area contributed by atoms with Gasteiger partial charge in [-0.3, -0.25) is 0 Å². The van der Waals surface area contributed by atoms with Gasteiger partial charge in [0.05, 0.1) is 17.1 Å². The number of benzene rings is 2. The number of fused-ring (bicyclic) bond motifs is 1. The summed E-state index contributed by atoms with van der Waals surface area (Å²) >= 11 is 0. The fourth-order valence-electron chi connectivity index (χ4n) is 2.69. The maximum absolute atomic E-state index is 13.6. The van der Waals surface area contributed by atoms with Crippen LogP contribution in [0.15, 0.2) is 41.2 Å². The van der Waals surface area contributed by atoms with Crippen LogP contribution in [0.2, 0.25) is 0 Å². The van der Waals surface area contributed by atoms with Crippen molar-refractivity contribution in [2.45, 2.75) is 13.0 Å². The number of H-pyrrole nitrogens is 2. The van der Waals surface area contributed by atoms with E-state index < -0.39 is 0 Å². The molecule has 0 spiro atoms. The molecule has 1 heterocycles. The number of halogens is 1. The van der Waals surface area contributed by atoms with Gasteiger partial charge in [-0.15, -0.1) is 0 Å². The van der Waals surface area contributed by atoms with Gasteiger partial charge in [0.2, 0.25) is 0 Å². The normalized spacial score (nSPS) is 12.7. The lowest BCUT2D eigenvalue weighted by Crippen LogP contribution is -2.18. The van der Waals surface area contributed by atoms with Crippen LogP contribution in [0, 0.1) is 12.7 Å². The minimum atomic E-state index is -0.249. The molecule has 3 rings (SSSR count). The zero-order chi connectivity index (χ0) is 15.0. The van der Waals surface area contributed by atoms with Crippen molar-refractivity contribution in [1.82, 2.24) is 15.3 Å². The van der Waals surface area contributed by atoms with Gasteiger partial charge >= 0.3 is 5.69 Å². The molecule has 1 unspecified atom stereocenters. The van der Waals surface area contributed by atoms with E-state index >= 15 is 0 Å². The summed E-state index contributed by atoms with van der Waals surface area (Å²) in [6.45, 7) is 1.87. The van der Waals surface area contributed by atoms with Crippen LogP contribution in [-0.2, 0) is 0 Å². The summed E-state index contributed by atoms with van der Waals surface area (Å²) in [6, 6.07) is 10.5. The Morgan fingerprint density at radius 3 is 2.52 bits per heavy atom. The van der Waals surface area contributed by atoms with Gasteiger partial charge in [-0.2, -0.15) is 0 Å². The molecule has 21 heavy (non-hydrogen) atoms. The molecule has 1 aromatic heterocycles. The van der Waals surface area contributed by atoms with Crippen LogP contribution < -0.4 is 11.0 Å². The fraction of sp³-hybridized carbons (Fsp3) is 0.188. The van der Waals surface area contributed by atoms with Crippen molar-refractivity contribution in [2.24, 2.45) is 0 Å². The van der Waals surface area contributed by atoms with Gasteiger partial charge in [-0.1, -0.05) is 12.1 Å². The number of nitrogens with one attached hydrogen (secondary N) is 3. The number of aromatic nitrogens is 2. The number of rotatable bonds is 3. The zero-order valence-corrected chi connectivity index (χ0v) is 11.8. The average molecular weight is 285 g/mol. The highest BCUT2D eigenvalue weighted by Crippen LogP contribution is 2.25. The van der Waals surface area contributed by atoms with Gasteiger partial charge in [0.25, 0.3) is 0 Å². The van der Waals surface area contributed by atoms with Crippen molar-refractivity contribution >= 4 is 11.0 Å². The highest BCUT2D eigenvalue weighted by Gasteiger charge is 2.14. The molecule has 2 aromatic carbocycles. The van der Waals surface area contributed by atoms with E-state index in [-0.39, 0.29) is 17.5 Å². The molecular formula is C16H16FN3O. The number of hydrogen-bond acceptors (Lipinski definition) is 2. The summed E-state index contributed by atoms with van der Waals surface area (Å²) in [6.07, 6.45) is 0. The zero-order valence-electron chi connectivity index (χ0n) is 11.8. The molecule has 3 aromatic rings. The summed E-state index contributed by atoms with van der Waals surface area (Å²) in [7, 11) is 1.83. The Balaban J connectivity index is 2.10. The Kier molecular flexibility index (Phi) is 3.35. The summed E-state index contributed by atoms with van der Waals surface area (Å²) in [5.74, 6) is -0.249. The first-order chi connectivity index (χ1) is 10.1. The topological polar surface area (TPSA) is 60.7 Å². The van der Waals surface area contributed by atoms with Crippen LogP contribution in [0.25, 0.3) is 11.0 Å². The Morgan fingerprint density at radius 2 is 1.81 bits per heavy atom. The van der Waals surface area contributed by atoms with E-state index in [2.05, 4.69) is 15.3 Å². The van der Waals surface area contributed by atoms with Gasteiger partial charge in [-0.25, -0.2) is 9.18 Å². The van der Waals surface area contributed by atoms with E-state index in [1.54, 1.807) is 0 Å². The molecule has 0 fully saturated rings. The molecule has 108 valence electrons. The number of imidazole rings is 1. The number of hydrogen-bond donors (Lipinski definition) is 3. The van der Waals surface area contributed by atoms with E-state index in [0.29, 0.717) is 0 Å². The Morgan fingerprint density at radius 1 is 1.05 bits per heavy atom. The van der Waals surface area contributed by atoms with E-state index in [1.165, 1.54) is 12.1 Å². The number of aryl methyl sites for hydroxylation is 1. The van der Waals surface area contributed by atoms with Crippen molar-refractivity contribution < 1.29 is 4.39 Å². The lowest BCUT2D eigenvalue weighted by Gasteiger charge is -2.18. The van der Waals surface area contributed by atoms with Crippen LogP contribution in [0.5, 0.6) is 0 Å². The second-order valence-corrected chi connectivity index (χ2v) is 5.17. The molecule has 0 saturated carbocycles. The first-order valence-corrected chi connectivity index (χ1v) is 6.73. The molecule has 0 radical (unpaired) electrons. The van der Waals surface area contributed by atoms with Crippen molar-refractivity contribution in [2.75, 3.05) is 7.05 Å². The quantitative estimate of drug-likeness (QED) is 0.692. The van der Waals surface area contributed by atoms with Crippen LogP contribution in [0.3, 0.4) is 0 Å². The largest absolute Gasteiger partial charge is 0.323 e. The van der Waals surface area contributed by atoms with Gasteiger partial charge < -0.3 is 15.3 Å². The van der Waals surface area contributed by atoms with Crippen molar-refractivity contribution in [3.8, 4) is 0 Å². The van der Waals surface area contributed by atoms with Crippen molar-refractivity contribution in [3.63, 3.8) is 0 Å². The summed E-state index contributed by atoms with van der Waals surface area (Å²) in [5.41, 5.74) is 3.96. The first-order valence-electron chi connectivity index (χ1n) is 6.73. The molecule has 0 amide bonds. The standard InChI is InChI=1S/C16H16FN3O/c1-9-5-11(7-12(17)6-9)15(18-2)10-3-4-13-14(8-10)20-16(21)19-13/h3-8,15,18H,1-2H3,(H2,19,20,21). The van der Waals surface area contributed by atoms with Crippen molar-refractivity contribution in [1.29, 1.82) is 0 Å². The molecule has 0 aliphatic rings. The van der Waals surface area contributed by atoms with Crippen LogP contribution in [0.4, 0.5) is 4.39 Å². The summed E-state index contributed by atoms with van der Waals surface area (Å²) < 4.78 is 13.6. The lowest BCUT2D eigenvalue weighted by atomic mass is 9.97. The molecule has 0 aliphatic heterocycles. The summed E-state index contributed by atoms with van der Waals surface area (Å²) in [5, 5.41) is 3.19. The number of aromatic amines is 2. The second-order valence-electron chi connectivity index (χ2n) is 5.17. The smallest absolute Gasteiger partial charge is 0.309 e. The van der Waals surface area contributed by atoms with Gasteiger partial charge in [0, 0.05) is 0 Å². The minimum absolute atomic E-state index is 0.137. The molecular weight excluding hydrogens is 269 g/mol. The Hall–Kier alpha value is -2.40. The predicted molar refractivity (Wildman–Crippen MR) is 81.0 cm³/mol. The fourth-order valence-corrected chi connectivity index (χ4v) is 2.69. The third-order valence-corrected chi connectivity index (χ3v) is 3.56. The van der Waals surface area contributed by atoms with Crippen LogP contribution in [0.1, 0.15) is 22.7 Å². The maximum Gasteiger partial charge on any atom is 0.323 e. The second kappa shape index (κ2) is 5.18. The van der Waals surface area contributed by atoms with E-state index in [0.717, 1.165) is 27.7 Å². The van der Waals surface area contributed by atoms with E-state index in [4.69, 9.17) is 0 Å². The van der Waals surface area contributed by atoms with Gasteiger partial charge in [0.1, 0.15) is 5.82 Å². The van der Waals surface area contributed by atoms with Crippen LogP contribution >= 0.6 is 0 Å². The predicted octanol–water partition coefficient (Wildman–Crippen LogP) is 2.61. The third-order valence-electron chi connectivity index (χ3n) is 3.56. The Bertz CT molecular complexity index is 830. The highest BCUT2D eigenvalue weighted by atomic mass is 19.1. The highest BCUT2D eigenvalue weighted by molar-refractivity contribution is 5.75. The molecule has 3 N–H and O–H groups in total.